The molecule has 0 saturated heterocycles. The molecular weight excluding hydrogens is 392 g/mol. The summed E-state index contributed by atoms with van der Waals surface area (Å²) in [5.41, 5.74) is 1.89. The fraction of sp³-hybridized carbons (Fsp3) is 0.360. The Balaban J connectivity index is 1.73. The number of carbonyl (C=O) groups is 2. The molecule has 31 heavy (non-hydrogen) atoms. The number of nitrogens with zero attached hydrogens (tertiary/aromatic N) is 1. The van der Waals surface area contributed by atoms with E-state index in [1.165, 1.54) is 17.4 Å². The van der Waals surface area contributed by atoms with Crippen LogP contribution in [0.15, 0.2) is 48.5 Å². The van der Waals surface area contributed by atoms with Gasteiger partial charge in [0.25, 0.3) is 11.8 Å². The van der Waals surface area contributed by atoms with Gasteiger partial charge in [0.1, 0.15) is 0 Å². The van der Waals surface area contributed by atoms with Gasteiger partial charge >= 0.3 is 0 Å². The lowest BCUT2D eigenvalue weighted by atomic mass is 9.95. The van der Waals surface area contributed by atoms with Crippen molar-refractivity contribution in [1.29, 1.82) is 0 Å². The molecule has 0 radical (unpaired) electrons. The third kappa shape index (κ3) is 5.66. The van der Waals surface area contributed by atoms with Crippen LogP contribution in [0.1, 0.15) is 48.0 Å². The summed E-state index contributed by atoms with van der Waals surface area (Å²) < 4.78 is 10.5. The topological polar surface area (TPSA) is 67.9 Å². The zero-order chi connectivity index (χ0) is 22.2. The Bertz CT molecular complexity index is 948. The SMILES string of the molecule is COc1ccc(C=CC(=O)N(C)c2ccccc2C(=O)NC2CCCCC2)cc1OC. The average Bonchev–Trinajstić information content (AvgIpc) is 2.82. The largest absolute Gasteiger partial charge is 0.493 e. The van der Waals surface area contributed by atoms with Gasteiger partial charge in [-0.1, -0.05) is 37.5 Å². The summed E-state index contributed by atoms with van der Waals surface area (Å²) in [6.45, 7) is 0. The highest BCUT2D eigenvalue weighted by Crippen LogP contribution is 2.28. The highest BCUT2D eigenvalue weighted by atomic mass is 16.5. The fourth-order valence-corrected chi connectivity index (χ4v) is 3.82. The summed E-state index contributed by atoms with van der Waals surface area (Å²) in [7, 11) is 4.82. The van der Waals surface area contributed by atoms with Gasteiger partial charge in [0.2, 0.25) is 0 Å². The van der Waals surface area contributed by atoms with Gasteiger partial charge in [-0.05, 0) is 48.7 Å². The Morgan fingerprint density at radius 3 is 2.42 bits per heavy atom. The molecule has 2 aromatic rings. The van der Waals surface area contributed by atoms with Crippen LogP contribution in [0.3, 0.4) is 0 Å². The number of benzene rings is 2. The lowest BCUT2D eigenvalue weighted by Gasteiger charge is -2.24. The highest BCUT2D eigenvalue weighted by Gasteiger charge is 2.21. The van der Waals surface area contributed by atoms with Crippen LogP contribution in [-0.2, 0) is 4.79 Å². The van der Waals surface area contributed by atoms with Crippen LogP contribution in [0.5, 0.6) is 11.5 Å². The molecule has 1 fully saturated rings. The van der Waals surface area contributed by atoms with E-state index in [2.05, 4.69) is 5.32 Å². The monoisotopic (exact) mass is 422 g/mol. The molecule has 0 atom stereocenters. The van der Waals surface area contributed by atoms with Crippen molar-refractivity contribution in [3.63, 3.8) is 0 Å². The number of anilines is 1. The second-order valence-corrected chi connectivity index (χ2v) is 7.67. The minimum absolute atomic E-state index is 0.133. The van der Waals surface area contributed by atoms with Crippen molar-refractivity contribution in [2.24, 2.45) is 0 Å². The average molecular weight is 423 g/mol. The van der Waals surface area contributed by atoms with Crippen molar-refractivity contribution in [3.05, 3.63) is 59.7 Å². The third-order valence-corrected chi connectivity index (χ3v) is 5.61. The molecule has 2 aromatic carbocycles. The molecule has 0 aliphatic heterocycles. The molecular formula is C25H30N2O4. The molecule has 164 valence electrons. The second kappa shape index (κ2) is 10.7. The summed E-state index contributed by atoms with van der Waals surface area (Å²) in [5.74, 6) is 0.856. The van der Waals surface area contributed by atoms with Crippen molar-refractivity contribution < 1.29 is 19.1 Å². The number of rotatable bonds is 7. The summed E-state index contributed by atoms with van der Waals surface area (Å²) >= 11 is 0. The zero-order valence-corrected chi connectivity index (χ0v) is 18.4. The van der Waals surface area contributed by atoms with E-state index < -0.39 is 0 Å². The molecule has 6 heteroatoms. The number of likely N-dealkylation sites (N-methyl/N-ethyl adjacent to an activating group) is 1. The smallest absolute Gasteiger partial charge is 0.253 e. The maximum absolute atomic E-state index is 12.9. The first-order chi connectivity index (χ1) is 15.0. The summed E-state index contributed by atoms with van der Waals surface area (Å²) in [6.07, 6.45) is 8.74. The van der Waals surface area contributed by atoms with Crippen LogP contribution < -0.4 is 19.7 Å². The Morgan fingerprint density at radius 2 is 1.71 bits per heavy atom. The van der Waals surface area contributed by atoms with Crippen LogP contribution in [0, 0.1) is 0 Å². The van der Waals surface area contributed by atoms with Gasteiger partial charge in [-0.15, -0.1) is 0 Å². The summed E-state index contributed by atoms with van der Waals surface area (Å²) in [5, 5.41) is 3.13. The molecule has 1 N–H and O–H groups in total. The summed E-state index contributed by atoms with van der Waals surface area (Å²) in [6, 6.07) is 12.8. The number of hydrogen-bond acceptors (Lipinski definition) is 4. The standard InChI is InChI=1S/C25H30N2O4/c1-27(24(28)16-14-18-13-15-22(30-2)23(17-18)31-3)21-12-8-7-11-20(21)25(29)26-19-9-5-4-6-10-19/h7-8,11-17,19H,4-6,9-10H2,1-3H3,(H,26,29). The fourth-order valence-electron chi connectivity index (χ4n) is 3.82. The van der Waals surface area contributed by atoms with Crippen molar-refractivity contribution in [3.8, 4) is 11.5 Å². The van der Waals surface area contributed by atoms with Crippen LogP contribution in [-0.4, -0.2) is 39.1 Å². The number of amides is 2. The molecule has 2 amide bonds. The lowest BCUT2D eigenvalue weighted by molar-refractivity contribution is -0.113. The minimum atomic E-state index is -0.229. The predicted octanol–water partition coefficient (Wildman–Crippen LogP) is 4.44. The van der Waals surface area contributed by atoms with Gasteiger partial charge in [0, 0.05) is 19.2 Å². The molecule has 0 aromatic heterocycles. The minimum Gasteiger partial charge on any atom is -0.493 e. The highest BCUT2D eigenvalue weighted by molar-refractivity contribution is 6.08. The molecule has 1 aliphatic carbocycles. The van der Waals surface area contributed by atoms with Crippen LogP contribution >= 0.6 is 0 Å². The van der Waals surface area contributed by atoms with Crippen LogP contribution in [0.25, 0.3) is 6.08 Å². The van der Waals surface area contributed by atoms with Gasteiger partial charge in [-0.3, -0.25) is 9.59 Å². The van der Waals surface area contributed by atoms with Gasteiger partial charge < -0.3 is 19.7 Å². The zero-order valence-electron chi connectivity index (χ0n) is 18.4. The number of carbonyl (C=O) groups excluding carboxylic acids is 2. The summed E-state index contributed by atoms with van der Waals surface area (Å²) in [4.78, 5) is 27.2. The van der Waals surface area contributed by atoms with E-state index in [0.29, 0.717) is 22.7 Å². The molecule has 6 nitrogen and oxygen atoms in total. The van der Waals surface area contributed by atoms with Crippen LogP contribution in [0.2, 0.25) is 0 Å². The third-order valence-electron chi connectivity index (χ3n) is 5.61. The van der Waals surface area contributed by atoms with E-state index in [4.69, 9.17) is 9.47 Å². The Labute approximate surface area is 183 Å². The van der Waals surface area contributed by atoms with E-state index in [0.717, 1.165) is 31.2 Å². The molecule has 0 bridgehead atoms. The number of methoxy groups -OCH3 is 2. The van der Waals surface area contributed by atoms with E-state index in [9.17, 15) is 9.59 Å². The number of ether oxygens (including phenoxy) is 2. The normalized spacial score (nSPS) is 14.3. The molecule has 0 heterocycles. The van der Waals surface area contributed by atoms with Gasteiger partial charge in [0.15, 0.2) is 11.5 Å². The van der Waals surface area contributed by atoms with E-state index in [-0.39, 0.29) is 17.9 Å². The first-order valence-electron chi connectivity index (χ1n) is 10.6. The van der Waals surface area contributed by atoms with Crippen LogP contribution in [0.4, 0.5) is 5.69 Å². The van der Waals surface area contributed by atoms with Crippen molar-refractivity contribution in [2.75, 3.05) is 26.2 Å². The Kier molecular flexibility index (Phi) is 7.70. The molecule has 0 unspecified atom stereocenters. The Morgan fingerprint density at radius 1 is 1.00 bits per heavy atom. The van der Waals surface area contributed by atoms with Gasteiger partial charge in [0.05, 0.1) is 25.5 Å². The molecule has 0 spiro atoms. The van der Waals surface area contributed by atoms with Crippen molar-refractivity contribution in [1.82, 2.24) is 5.32 Å². The number of nitrogens with one attached hydrogen (secondary N) is 1. The molecule has 1 aliphatic rings. The van der Waals surface area contributed by atoms with E-state index in [1.54, 1.807) is 51.6 Å². The molecule has 3 rings (SSSR count). The predicted molar refractivity (Wildman–Crippen MR) is 123 cm³/mol. The lowest BCUT2D eigenvalue weighted by Crippen LogP contribution is -2.37. The first kappa shape index (κ1) is 22.4. The van der Waals surface area contributed by atoms with E-state index >= 15 is 0 Å². The quantitative estimate of drug-likeness (QED) is 0.670. The number of para-hydroxylation sites is 1. The Hall–Kier alpha value is -3.28. The first-order valence-corrected chi connectivity index (χ1v) is 10.6. The maximum Gasteiger partial charge on any atom is 0.253 e. The van der Waals surface area contributed by atoms with Crippen molar-refractivity contribution in [2.45, 2.75) is 38.1 Å². The molecule has 1 saturated carbocycles. The van der Waals surface area contributed by atoms with E-state index in [1.807, 2.05) is 18.2 Å². The van der Waals surface area contributed by atoms with Gasteiger partial charge in [-0.2, -0.15) is 0 Å². The number of hydrogen-bond donors (Lipinski definition) is 1. The maximum atomic E-state index is 12.9. The second-order valence-electron chi connectivity index (χ2n) is 7.67. The van der Waals surface area contributed by atoms with Crippen molar-refractivity contribution >= 4 is 23.6 Å². The van der Waals surface area contributed by atoms with Gasteiger partial charge in [-0.25, -0.2) is 0 Å².